The number of unbranched alkanes of at least 4 members (excludes halogenated alkanes) is 1. The standard InChI is InChI=1S/C25H24F5N3O4/c1-2-3-4-37-22-20-24(36)33-13-7-16(25(29,30)8-13)19(33)11-32(20)10-15(21(22)34)23(35)31-9-14-17(27)5-12(26)6-18(14)28/h5-6,10,13,16,19H,2-4,7-9,11H2,1H3,(H,31,35)/t13-,16?,19+/m1/s1. The fourth-order valence-electron chi connectivity index (χ4n) is 5.61. The molecule has 5 rings (SSSR count). The number of rotatable bonds is 7. The summed E-state index contributed by atoms with van der Waals surface area (Å²) >= 11 is 0. The summed E-state index contributed by atoms with van der Waals surface area (Å²) in [5.74, 6) is -9.51. The number of pyridine rings is 1. The van der Waals surface area contributed by atoms with Crippen LogP contribution >= 0.6 is 0 Å². The summed E-state index contributed by atoms with van der Waals surface area (Å²) in [5, 5.41) is 2.23. The number of aromatic nitrogens is 1. The molecule has 12 heteroatoms. The Morgan fingerprint density at radius 1 is 1.19 bits per heavy atom. The average Bonchev–Trinajstić information content (AvgIpc) is 3.33. The summed E-state index contributed by atoms with van der Waals surface area (Å²) in [4.78, 5) is 41.0. The summed E-state index contributed by atoms with van der Waals surface area (Å²) in [5.41, 5.74) is -2.10. The fraction of sp³-hybridized carbons (Fsp3) is 0.480. The second-order valence-corrected chi connectivity index (χ2v) is 9.68. The number of amides is 2. The Balaban J connectivity index is 1.50. The number of benzene rings is 1. The zero-order valence-corrected chi connectivity index (χ0v) is 19.8. The molecule has 3 atom stereocenters. The van der Waals surface area contributed by atoms with Gasteiger partial charge in [-0.05, 0) is 12.8 Å². The van der Waals surface area contributed by atoms with E-state index in [4.69, 9.17) is 4.74 Å². The van der Waals surface area contributed by atoms with E-state index in [0.29, 0.717) is 18.6 Å². The van der Waals surface area contributed by atoms with E-state index in [2.05, 4.69) is 5.32 Å². The molecular formula is C25H24F5N3O4. The lowest BCUT2D eigenvalue weighted by Gasteiger charge is -2.43. The molecule has 2 bridgehead atoms. The molecule has 1 aromatic heterocycles. The number of nitrogens with zero attached hydrogens (tertiary/aromatic N) is 2. The Kier molecular flexibility index (Phi) is 6.23. The Morgan fingerprint density at radius 2 is 1.89 bits per heavy atom. The van der Waals surface area contributed by atoms with Gasteiger partial charge < -0.3 is 19.5 Å². The quantitative estimate of drug-likeness (QED) is 0.443. The van der Waals surface area contributed by atoms with Gasteiger partial charge in [0.05, 0.1) is 12.6 Å². The zero-order chi connectivity index (χ0) is 26.6. The van der Waals surface area contributed by atoms with Crippen molar-refractivity contribution < 1.29 is 36.3 Å². The maximum Gasteiger partial charge on any atom is 0.275 e. The third-order valence-electron chi connectivity index (χ3n) is 7.37. The molecule has 0 radical (unpaired) electrons. The van der Waals surface area contributed by atoms with Crippen LogP contribution in [0.1, 0.15) is 59.0 Å². The van der Waals surface area contributed by atoms with Crippen molar-refractivity contribution in [2.45, 2.75) is 63.7 Å². The molecule has 1 aromatic carbocycles. The van der Waals surface area contributed by atoms with Gasteiger partial charge in [0, 0.05) is 55.4 Å². The summed E-state index contributed by atoms with van der Waals surface area (Å²) < 4.78 is 77.0. The maximum atomic E-state index is 14.5. The van der Waals surface area contributed by atoms with Crippen LogP contribution in [0.5, 0.6) is 5.75 Å². The Hall–Kier alpha value is -3.44. The molecule has 3 aliphatic rings. The van der Waals surface area contributed by atoms with E-state index in [1.165, 1.54) is 9.47 Å². The molecule has 2 amide bonds. The predicted molar refractivity (Wildman–Crippen MR) is 120 cm³/mol. The largest absolute Gasteiger partial charge is 0.487 e. The lowest BCUT2D eigenvalue weighted by molar-refractivity contribution is -0.0887. The van der Waals surface area contributed by atoms with Crippen molar-refractivity contribution in [1.29, 1.82) is 0 Å². The first-order valence-electron chi connectivity index (χ1n) is 12.1. The van der Waals surface area contributed by atoms with Gasteiger partial charge in [-0.1, -0.05) is 13.3 Å². The lowest BCUT2D eigenvalue weighted by Crippen LogP contribution is -2.56. The monoisotopic (exact) mass is 525 g/mol. The molecule has 1 saturated heterocycles. The summed E-state index contributed by atoms with van der Waals surface area (Å²) in [6, 6.07) is -0.535. The van der Waals surface area contributed by atoms with Crippen molar-refractivity contribution in [2.24, 2.45) is 5.92 Å². The first-order chi connectivity index (χ1) is 17.5. The molecule has 1 saturated carbocycles. The summed E-state index contributed by atoms with van der Waals surface area (Å²) in [6.07, 6.45) is 2.08. The van der Waals surface area contributed by atoms with Crippen molar-refractivity contribution >= 4 is 11.8 Å². The third kappa shape index (κ3) is 4.15. The van der Waals surface area contributed by atoms with Crippen molar-refractivity contribution in [1.82, 2.24) is 14.8 Å². The average molecular weight is 525 g/mol. The van der Waals surface area contributed by atoms with E-state index >= 15 is 0 Å². The topological polar surface area (TPSA) is 80.6 Å². The highest BCUT2D eigenvalue weighted by Gasteiger charge is 2.63. The molecule has 1 unspecified atom stereocenters. The van der Waals surface area contributed by atoms with Gasteiger partial charge in [-0.15, -0.1) is 0 Å². The van der Waals surface area contributed by atoms with Gasteiger partial charge in [-0.25, -0.2) is 22.0 Å². The minimum absolute atomic E-state index is 0.0657. The van der Waals surface area contributed by atoms with Gasteiger partial charge in [0.2, 0.25) is 5.43 Å². The molecule has 1 N–H and O–H groups in total. The number of hydrogen-bond donors (Lipinski definition) is 1. The van der Waals surface area contributed by atoms with Crippen LogP contribution in [0.25, 0.3) is 0 Å². The normalized spacial score (nSPS) is 23.1. The molecular weight excluding hydrogens is 501 g/mol. The van der Waals surface area contributed by atoms with Crippen molar-refractivity contribution in [3.8, 4) is 5.75 Å². The minimum Gasteiger partial charge on any atom is -0.487 e. The van der Waals surface area contributed by atoms with E-state index < -0.39 is 82.7 Å². The number of alkyl halides is 2. The van der Waals surface area contributed by atoms with E-state index in [0.717, 1.165) is 12.6 Å². The van der Waals surface area contributed by atoms with Crippen molar-refractivity contribution in [3.05, 3.63) is 62.8 Å². The van der Waals surface area contributed by atoms with Crippen LogP contribution < -0.4 is 15.5 Å². The number of ether oxygens (including phenoxy) is 1. The Bertz CT molecular complexity index is 1320. The van der Waals surface area contributed by atoms with Gasteiger partial charge in [-0.3, -0.25) is 14.4 Å². The van der Waals surface area contributed by atoms with Crippen LogP contribution in [-0.4, -0.2) is 45.9 Å². The lowest BCUT2D eigenvalue weighted by atomic mass is 9.92. The number of carbonyl (C=O) groups excluding carboxylic acids is 2. The van der Waals surface area contributed by atoms with Crippen molar-refractivity contribution in [3.63, 3.8) is 0 Å². The Morgan fingerprint density at radius 3 is 2.57 bits per heavy atom. The molecule has 37 heavy (non-hydrogen) atoms. The summed E-state index contributed by atoms with van der Waals surface area (Å²) in [6.45, 7) is 1.22. The van der Waals surface area contributed by atoms with Crippen LogP contribution in [0.15, 0.2) is 23.1 Å². The summed E-state index contributed by atoms with van der Waals surface area (Å²) in [7, 11) is 0. The Labute approximate surface area is 208 Å². The molecule has 2 aliphatic heterocycles. The van der Waals surface area contributed by atoms with E-state index in [9.17, 15) is 36.3 Å². The molecule has 2 aromatic rings. The minimum atomic E-state index is -2.92. The van der Waals surface area contributed by atoms with E-state index in [1.807, 2.05) is 6.92 Å². The number of nitrogens with one attached hydrogen (secondary N) is 1. The first kappa shape index (κ1) is 25.2. The molecule has 1 aliphatic carbocycles. The molecule has 2 fully saturated rings. The molecule has 7 nitrogen and oxygen atoms in total. The third-order valence-corrected chi connectivity index (χ3v) is 7.37. The highest BCUT2D eigenvalue weighted by molar-refractivity contribution is 5.99. The van der Waals surface area contributed by atoms with Crippen LogP contribution in [0.2, 0.25) is 0 Å². The van der Waals surface area contributed by atoms with Gasteiger partial charge in [0.1, 0.15) is 23.0 Å². The first-order valence-corrected chi connectivity index (χ1v) is 12.1. The van der Waals surface area contributed by atoms with Gasteiger partial charge in [0.25, 0.3) is 17.7 Å². The number of hydrogen-bond acceptors (Lipinski definition) is 4. The number of fused-ring (bicyclic) bond motifs is 6. The van der Waals surface area contributed by atoms with E-state index in [-0.39, 0.29) is 31.0 Å². The zero-order valence-electron chi connectivity index (χ0n) is 19.8. The van der Waals surface area contributed by atoms with E-state index in [1.54, 1.807) is 0 Å². The smallest absolute Gasteiger partial charge is 0.275 e. The second kappa shape index (κ2) is 9.14. The molecule has 198 valence electrons. The highest BCUT2D eigenvalue weighted by atomic mass is 19.3. The van der Waals surface area contributed by atoms with Crippen LogP contribution in [-0.2, 0) is 13.1 Å². The predicted octanol–water partition coefficient (Wildman–Crippen LogP) is 3.63. The number of halogens is 5. The van der Waals surface area contributed by atoms with Gasteiger partial charge in [0.15, 0.2) is 11.4 Å². The fourth-order valence-corrected chi connectivity index (χ4v) is 5.61. The maximum absolute atomic E-state index is 14.5. The van der Waals surface area contributed by atoms with Crippen molar-refractivity contribution in [2.75, 3.05) is 6.61 Å². The molecule has 0 spiro atoms. The SMILES string of the molecule is CCCCOc1c2n(cc(C(=O)NCc3c(F)cc(F)cc3F)c1=O)C[C@H]1C3C[C@H](CC3(F)F)N1C2=O. The van der Waals surface area contributed by atoms with Crippen LogP contribution in [0, 0.1) is 23.4 Å². The van der Waals surface area contributed by atoms with Gasteiger partial charge in [-0.2, -0.15) is 0 Å². The number of piperidine rings is 1. The van der Waals surface area contributed by atoms with Gasteiger partial charge >= 0.3 is 0 Å². The van der Waals surface area contributed by atoms with Crippen LogP contribution in [0.3, 0.4) is 0 Å². The number of carbonyl (C=O) groups is 2. The second-order valence-electron chi connectivity index (χ2n) is 9.68. The highest BCUT2D eigenvalue weighted by Crippen LogP contribution is 2.53. The van der Waals surface area contributed by atoms with Crippen LogP contribution in [0.4, 0.5) is 22.0 Å². The molecule has 3 heterocycles.